The van der Waals surface area contributed by atoms with Gasteiger partial charge in [-0.25, -0.2) is 4.39 Å². The van der Waals surface area contributed by atoms with Crippen molar-refractivity contribution in [1.29, 1.82) is 0 Å². The standard InChI is InChI=1S/C27H27FN2O3/c1-17(2)19-7-12-22(13-8-19)29-25(31)20-9-14-24-23(15-20)30(26(32)27(3,4)33-24)16-18-5-10-21(28)11-6-18/h5-15,17H,16H2,1-4H3,(H,29,31). The number of hydrogen-bond donors (Lipinski definition) is 1. The Morgan fingerprint density at radius 1 is 1.03 bits per heavy atom. The minimum Gasteiger partial charge on any atom is -0.476 e. The van der Waals surface area contributed by atoms with Crippen LogP contribution in [0.5, 0.6) is 5.75 Å². The van der Waals surface area contributed by atoms with E-state index in [1.54, 1.807) is 49.1 Å². The molecule has 0 spiro atoms. The van der Waals surface area contributed by atoms with Crippen molar-refractivity contribution in [1.82, 2.24) is 0 Å². The summed E-state index contributed by atoms with van der Waals surface area (Å²) >= 11 is 0. The van der Waals surface area contributed by atoms with Crippen molar-refractivity contribution in [2.24, 2.45) is 0 Å². The summed E-state index contributed by atoms with van der Waals surface area (Å²) in [5.41, 5.74) is 2.51. The van der Waals surface area contributed by atoms with Crippen molar-refractivity contribution in [3.8, 4) is 5.75 Å². The maximum atomic E-state index is 13.3. The first-order chi connectivity index (χ1) is 15.6. The van der Waals surface area contributed by atoms with Crippen LogP contribution in [0.3, 0.4) is 0 Å². The fraction of sp³-hybridized carbons (Fsp3) is 0.259. The van der Waals surface area contributed by atoms with E-state index in [9.17, 15) is 14.0 Å². The molecular weight excluding hydrogens is 419 g/mol. The number of fused-ring (bicyclic) bond motifs is 1. The first-order valence-corrected chi connectivity index (χ1v) is 10.9. The average Bonchev–Trinajstić information content (AvgIpc) is 2.78. The SMILES string of the molecule is CC(C)c1ccc(NC(=O)c2ccc3c(c2)N(Cc2ccc(F)cc2)C(=O)C(C)(C)O3)cc1. The van der Waals surface area contributed by atoms with Crippen LogP contribution in [0.15, 0.2) is 66.7 Å². The highest BCUT2D eigenvalue weighted by molar-refractivity contribution is 6.07. The number of halogens is 1. The molecule has 1 aliphatic rings. The normalized spacial score (nSPS) is 14.6. The highest BCUT2D eigenvalue weighted by Crippen LogP contribution is 2.39. The summed E-state index contributed by atoms with van der Waals surface area (Å²) in [5.74, 6) is 0.0623. The molecule has 1 aliphatic heterocycles. The van der Waals surface area contributed by atoms with E-state index >= 15 is 0 Å². The number of anilines is 2. The van der Waals surface area contributed by atoms with Gasteiger partial charge in [-0.15, -0.1) is 0 Å². The van der Waals surface area contributed by atoms with E-state index in [2.05, 4.69) is 19.2 Å². The van der Waals surface area contributed by atoms with Gasteiger partial charge in [0.1, 0.15) is 11.6 Å². The zero-order chi connectivity index (χ0) is 23.8. The van der Waals surface area contributed by atoms with Crippen LogP contribution < -0.4 is 15.0 Å². The number of amides is 2. The maximum Gasteiger partial charge on any atom is 0.271 e. The first kappa shape index (κ1) is 22.5. The van der Waals surface area contributed by atoms with E-state index < -0.39 is 5.60 Å². The van der Waals surface area contributed by atoms with Crippen LogP contribution in [0, 0.1) is 5.82 Å². The number of rotatable bonds is 5. The van der Waals surface area contributed by atoms with Crippen molar-refractivity contribution in [3.63, 3.8) is 0 Å². The third kappa shape index (κ3) is 4.75. The summed E-state index contributed by atoms with van der Waals surface area (Å²) in [6, 6.07) is 18.8. The van der Waals surface area contributed by atoms with Gasteiger partial charge in [0.05, 0.1) is 12.2 Å². The zero-order valence-electron chi connectivity index (χ0n) is 19.2. The maximum absolute atomic E-state index is 13.3. The molecule has 0 aliphatic carbocycles. The van der Waals surface area contributed by atoms with Crippen LogP contribution in [0.2, 0.25) is 0 Å². The van der Waals surface area contributed by atoms with E-state index in [0.29, 0.717) is 28.6 Å². The monoisotopic (exact) mass is 446 g/mol. The Morgan fingerprint density at radius 2 is 1.70 bits per heavy atom. The lowest BCUT2D eigenvalue weighted by Crippen LogP contribution is -2.52. The lowest BCUT2D eigenvalue weighted by Gasteiger charge is -2.39. The highest BCUT2D eigenvalue weighted by atomic mass is 19.1. The van der Waals surface area contributed by atoms with E-state index in [4.69, 9.17) is 4.74 Å². The Labute approximate surface area is 193 Å². The van der Waals surface area contributed by atoms with Crippen molar-refractivity contribution in [3.05, 3.63) is 89.2 Å². The summed E-state index contributed by atoms with van der Waals surface area (Å²) in [5, 5.41) is 2.90. The molecule has 0 aromatic heterocycles. The topological polar surface area (TPSA) is 58.6 Å². The Balaban J connectivity index is 1.62. The molecule has 4 rings (SSSR count). The molecule has 3 aromatic rings. The molecule has 0 fully saturated rings. The van der Waals surface area contributed by atoms with Gasteiger partial charge in [0.25, 0.3) is 11.8 Å². The Bertz CT molecular complexity index is 1180. The molecule has 0 bridgehead atoms. The van der Waals surface area contributed by atoms with Crippen molar-refractivity contribution >= 4 is 23.2 Å². The summed E-state index contributed by atoms with van der Waals surface area (Å²) < 4.78 is 19.3. The quantitative estimate of drug-likeness (QED) is 0.530. The summed E-state index contributed by atoms with van der Waals surface area (Å²) in [7, 11) is 0. The van der Waals surface area contributed by atoms with Crippen LogP contribution in [-0.4, -0.2) is 17.4 Å². The second-order valence-electron chi connectivity index (χ2n) is 9.04. The molecule has 3 aromatic carbocycles. The van der Waals surface area contributed by atoms with E-state index in [1.165, 1.54) is 17.7 Å². The molecule has 1 N–H and O–H groups in total. The minimum absolute atomic E-state index is 0.235. The van der Waals surface area contributed by atoms with Crippen molar-refractivity contribution in [2.75, 3.05) is 10.2 Å². The van der Waals surface area contributed by atoms with Gasteiger partial charge in [0.15, 0.2) is 5.60 Å². The number of carbonyl (C=O) groups is 2. The third-order valence-electron chi connectivity index (χ3n) is 5.73. The van der Waals surface area contributed by atoms with Gasteiger partial charge >= 0.3 is 0 Å². The largest absolute Gasteiger partial charge is 0.476 e. The molecule has 0 radical (unpaired) electrons. The average molecular weight is 447 g/mol. The molecule has 0 saturated carbocycles. The Hall–Kier alpha value is -3.67. The zero-order valence-corrected chi connectivity index (χ0v) is 19.2. The number of carbonyl (C=O) groups excluding carboxylic acids is 2. The molecule has 33 heavy (non-hydrogen) atoms. The molecule has 2 amide bonds. The van der Waals surface area contributed by atoms with Gasteiger partial charge < -0.3 is 15.0 Å². The van der Waals surface area contributed by atoms with Crippen LogP contribution in [0.4, 0.5) is 15.8 Å². The Kier molecular flexibility index (Phi) is 5.93. The van der Waals surface area contributed by atoms with Gasteiger partial charge in [0.2, 0.25) is 0 Å². The number of nitrogens with one attached hydrogen (secondary N) is 1. The van der Waals surface area contributed by atoms with Crippen LogP contribution in [0.25, 0.3) is 0 Å². The predicted octanol–water partition coefficient (Wildman–Crippen LogP) is 5.91. The van der Waals surface area contributed by atoms with Gasteiger partial charge in [-0.3, -0.25) is 9.59 Å². The molecular formula is C27H27FN2O3. The summed E-state index contributed by atoms with van der Waals surface area (Å²) in [6.45, 7) is 7.88. The number of hydrogen-bond acceptors (Lipinski definition) is 3. The van der Waals surface area contributed by atoms with Gasteiger partial charge in [-0.2, -0.15) is 0 Å². The third-order valence-corrected chi connectivity index (χ3v) is 5.73. The molecule has 1 heterocycles. The molecule has 6 heteroatoms. The second-order valence-corrected chi connectivity index (χ2v) is 9.04. The lowest BCUT2D eigenvalue weighted by atomic mass is 10.0. The van der Waals surface area contributed by atoms with Gasteiger partial charge in [-0.1, -0.05) is 38.1 Å². The highest BCUT2D eigenvalue weighted by Gasteiger charge is 2.41. The van der Waals surface area contributed by atoms with Crippen LogP contribution in [-0.2, 0) is 11.3 Å². The van der Waals surface area contributed by atoms with E-state index in [-0.39, 0.29) is 24.2 Å². The Morgan fingerprint density at radius 3 is 2.33 bits per heavy atom. The second kappa shape index (κ2) is 8.70. The molecule has 0 unspecified atom stereocenters. The van der Waals surface area contributed by atoms with Crippen molar-refractivity contribution in [2.45, 2.75) is 45.8 Å². The smallest absolute Gasteiger partial charge is 0.271 e. The number of ether oxygens (including phenoxy) is 1. The fourth-order valence-corrected chi connectivity index (χ4v) is 3.79. The first-order valence-electron chi connectivity index (χ1n) is 10.9. The number of benzene rings is 3. The van der Waals surface area contributed by atoms with Gasteiger partial charge in [-0.05, 0) is 73.4 Å². The summed E-state index contributed by atoms with van der Waals surface area (Å²) in [6.07, 6.45) is 0. The molecule has 5 nitrogen and oxygen atoms in total. The van der Waals surface area contributed by atoms with Crippen molar-refractivity contribution < 1.29 is 18.7 Å². The van der Waals surface area contributed by atoms with Gasteiger partial charge in [0, 0.05) is 11.3 Å². The van der Waals surface area contributed by atoms with E-state index in [1.807, 2.05) is 24.3 Å². The fourth-order valence-electron chi connectivity index (χ4n) is 3.79. The van der Waals surface area contributed by atoms with E-state index in [0.717, 1.165) is 5.56 Å². The molecule has 0 saturated heterocycles. The molecule has 0 atom stereocenters. The minimum atomic E-state index is -1.06. The predicted molar refractivity (Wildman–Crippen MR) is 127 cm³/mol. The molecule has 170 valence electrons. The van der Waals surface area contributed by atoms with Crippen LogP contribution in [0.1, 0.15) is 55.1 Å². The summed E-state index contributed by atoms with van der Waals surface area (Å²) in [4.78, 5) is 27.7. The number of nitrogens with zero attached hydrogens (tertiary/aromatic N) is 1. The van der Waals surface area contributed by atoms with Crippen LogP contribution >= 0.6 is 0 Å². The lowest BCUT2D eigenvalue weighted by molar-refractivity contribution is -0.132.